The Bertz CT molecular complexity index is 1390. The first-order valence-corrected chi connectivity index (χ1v) is 14.9. The molecule has 0 saturated heterocycles. The van der Waals surface area contributed by atoms with Gasteiger partial charge in [0.2, 0.25) is 0 Å². The molecule has 0 aliphatic heterocycles. The van der Waals surface area contributed by atoms with Crippen molar-refractivity contribution < 1.29 is 9.84 Å². The van der Waals surface area contributed by atoms with E-state index in [9.17, 15) is 5.11 Å². The van der Waals surface area contributed by atoms with E-state index in [1.54, 1.807) is 0 Å². The Morgan fingerprint density at radius 2 is 1.34 bits per heavy atom. The number of hydrogen-bond acceptors (Lipinski definition) is 2. The summed E-state index contributed by atoms with van der Waals surface area (Å²) in [7, 11) is -1.49. The van der Waals surface area contributed by atoms with Crippen LogP contribution in [-0.2, 0) is 18.0 Å². The Hall–Kier alpha value is -3.96. The summed E-state index contributed by atoms with van der Waals surface area (Å²) in [6.45, 7) is 7.48. The number of rotatable bonds is 5. The van der Waals surface area contributed by atoms with Gasteiger partial charge in [0, 0.05) is 16.7 Å². The second-order valence-corrected chi connectivity index (χ2v) is 13.6. The lowest BCUT2D eigenvalue weighted by atomic mass is 10.0. The van der Waals surface area contributed by atoms with Gasteiger partial charge in [-0.15, -0.1) is 5.54 Å². The van der Waals surface area contributed by atoms with Crippen molar-refractivity contribution in [2.45, 2.75) is 39.0 Å². The van der Waals surface area contributed by atoms with Crippen LogP contribution in [0.5, 0.6) is 0 Å². The van der Waals surface area contributed by atoms with Gasteiger partial charge in [0.25, 0.3) is 0 Å². The van der Waals surface area contributed by atoms with Crippen molar-refractivity contribution in [1.82, 2.24) is 0 Å². The Labute approximate surface area is 210 Å². The molecule has 3 heteroatoms. The van der Waals surface area contributed by atoms with Crippen molar-refractivity contribution >= 4 is 8.07 Å². The van der Waals surface area contributed by atoms with Crippen LogP contribution in [0.1, 0.15) is 33.9 Å². The van der Waals surface area contributed by atoms with Gasteiger partial charge >= 0.3 is 0 Å². The standard InChI is InChI=1S/C32H28O2Si/c1-35(2,3)24-14-13-23-32(33)31-22-12-11-20-29(31)19-9-7-17-28-18-8-10-21-30(28)26-34-25-27-15-5-4-6-16-27/h4-6,8,10-12,15-16,18,20-22,32-33H,25-26H2,1-3H3. The predicted molar refractivity (Wildman–Crippen MR) is 145 cm³/mol. The molecular formula is C32H28O2Si. The molecule has 0 spiro atoms. The van der Waals surface area contributed by atoms with Crippen LogP contribution < -0.4 is 0 Å². The van der Waals surface area contributed by atoms with Crippen LogP contribution >= 0.6 is 0 Å². The minimum atomic E-state index is -1.49. The summed E-state index contributed by atoms with van der Waals surface area (Å²) in [5.74, 6) is 20.5. The fraction of sp³-hybridized carbons (Fsp3) is 0.188. The van der Waals surface area contributed by atoms with Gasteiger partial charge in [-0.05, 0) is 46.9 Å². The van der Waals surface area contributed by atoms with Crippen molar-refractivity contribution in [2.75, 3.05) is 0 Å². The van der Waals surface area contributed by atoms with Crippen molar-refractivity contribution in [3.63, 3.8) is 0 Å². The number of aliphatic hydroxyl groups is 1. The van der Waals surface area contributed by atoms with E-state index in [0.717, 1.165) is 16.7 Å². The SMILES string of the molecule is C[Si](C)(C)C#CC#CC(O)c1ccccc1C#CC#Cc1ccccc1COCc1ccccc1. The smallest absolute Gasteiger partial charge is 0.142 e. The lowest BCUT2D eigenvalue weighted by molar-refractivity contribution is 0.107. The van der Waals surface area contributed by atoms with Crippen LogP contribution in [0.4, 0.5) is 0 Å². The van der Waals surface area contributed by atoms with Crippen molar-refractivity contribution in [3.05, 3.63) is 107 Å². The van der Waals surface area contributed by atoms with Crippen molar-refractivity contribution in [1.29, 1.82) is 0 Å². The Morgan fingerprint density at radius 1 is 0.714 bits per heavy atom. The molecule has 0 bridgehead atoms. The third-order valence-corrected chi connectivity index (χ3v) is 5.68. The van der Waals surface area contributed by atoms with Gasteiger partial charge in [-0.1, -0.05) is 104 Å². The average Bonchev–Trinajstić information content (AvgIpc) is 2.85. The summed E-state index contributed by atoms with van der Waals surface area (Å²) in [5.41, 5.74) is 7.56. The van der Waals surface area contributed by atoms with Gasteiger partial charge in [0.15, 0.2) is 0 Å². The largest absolute Gasteiger partial charge is 0.376 e. The van der Waals surface area contributed by atoms with E-state index in [1.807, 2.05) is 78.9 Å². The van der Waals surface area contributed by atoms with Crippen LogP contribution in [0.3, 0.4) is 0 Å². The van der Waals surface area contributed by atoms with Gasteiger partial charge in [-0.25, -0.2) is 0 Å². The summed E-state index contributed by atoms with van der Waals surface area (Å²) in [6, 6.07) is 25.4. The molecule has 1 N–H and O–H groups in total. The monoisotopic (exact) mass is 472 g/mol. The van der Waals surface area contributed by atoms with Gasteiger partial charge in [-0.2, -0.15) is 0 Å². The minimum Gasteiger partial charge on any atom is -0.376 e. The zero-order chi connectivity index (χ0) is 24.9. The Kier molecular flexibility index (Phi) is 9.57. The van der Waals surface area contributed by atoms with E-state index < -0.39 is 14.2 Å². The zero-order valence-electron chi connectivity index (χ0n) is 20.4. The molecule has 0 aliphatic carbocycles. The summed E-state index contributed by atoms with van der Waals surface area (Å²) >= 11 is 0. The van der Waals surface area contributed by atoms with E-state index in [0.29, 0.717) is 24.3 Å². The first-order valence-electron chi connectivity index (χ1n) is 11.4. The topological polar surface area (TPSA) is 29.5 Å². The molecular weight excluding hydrogens is 444 g/mol. The molecule has 3 aromatic rings. The highest BCUT2D eigenvalue weighted by Gasteiger charge is 2.08. The Balaban J connectivity index is 1.70. The molecule has 3 aromatic carbocycles. The third-order valence-electron chi connectivity index (χ3n) is 4.81. The highest BCUT2D eigenvalue weighted by atomic mass is 28.3. The van der Waals surface area contributed by atoms with E-state index in [-0.39, 0.29) is 0 Å². The van der Waals surface area contributed by atoms with Gasteiger partial charge in [0.1, 0.15) is 14.2 Å². The van der Waals surface area contributed by atoms with Crippen LogP contribution in [0.2, 0.25) is 19.6 Å². The molecule has 0 radical (unpaired) electrons. The van der Waals surface area contributed by atoms with Gasteiger partial charge in [0.05, 0.1) is 13.2 Å². The molecule has 172 valence electrons. The number of aliphatic hydroxyl groups excluding tert-OH is 1. The number of benzene rings is 3. The van der Waals surface area contributed by atoms with E-state index >= 15 is 0 Å². The quantitative estimate of drug-likeness (QED) is 0.380. The van der Waals surface area contributed by atoms with Gasteiger partial charge < -0.3 is 9.84 Å². The third kappa shape index (κ3) is 9.06. The minimum absolute atomic E-state index is 0.474. The molecule has 0 heterocycles. The second kappa shape index (κ2) is 13.1. The molecule has 2 nitrogen and oxygen atoms in total. The lowest BCUT2D eigenvalue weighted by Gasteiger charge is -2.06. The molecule has 0 aliphatic rings. The molecule has 0 amide bonds. The summed E-state index contributed by atoms with van der Waals surface area (Å²) < 4.78 is 5.87. The maximum Gasteiger partial charge on any atom is 0.142 e. The Morgan fingerprint density at radius 3 is 2.09 bits per heavy atom. The van der Waals surface area contributed by atoms with Gasteiger partial charge in [-0.3, -0.25) is 0 Å². The van der Waals surface area contributed by atoms with Crippen molar-refractivity contribution in [2.24, 2.45) is 0 Å². The predicted octanol–water partition coefficient (Wildman–Crippen LogP) is 5.72. The molecule has 35 heavy (non-hydrogen) atoms. The fourth-order valence-electron chi connectivity index (χ4n) is 3.07. The molecule has 1 atom stereocenters. The number of hydrogen-bond donors (Lipinski definition) is 1. The molecule has 3 rings (SSSR count). The second-order valence-electron chi connectivity index (χ2n) is 8.89. The highest BCUT2D eigenvalue weighted by Crippen LogP contribution is 2.16. The molecule has 0 saturated carbocycles. The molecule has 0 fully saturated rings. The summed E-state index contributed by atoms with van der Waals surface area (Å²) in [5, 5.41) is 10.5. The van der Waals surface area contributed by atoms with E-state index in [4.69, 9.17) is 4.74 Å². The maximum atomic E-state index is 10.5. The van der Waals surface area contributed by atoms with E-state index in [1.165, 1.54) is 0 Å². The lowest BCUT2D eigenvalue weighted by Crippen LogP contribution is -2.16. The molecule has 0 aromatic heterocycles. The van der Waals surface area contributed by atoms with Crippen LogP contribution in [-0.4, -0.2) is 13.2 Å². The maximum absolute atomic E-state index is 10.5. The first-order chi connectivity index (χ1) is 16.9. The highest BCUT2D eigenvalue weighted by molar-refractivity contribution is 6.83. The average molecular weight is 473 g/mol. The zero-order valence-corrected chi connectivity index (χ0v) is 21.4. The van der Waals surface area contributed by atoms with Crippen LogP contribution in [0.15, 0.2) is 78.9 Å². The normalized spacial score (nSPS) is 10.7. The summed E-state index contributed by atoms with van der Waals surface area (Å²) in [4.78, 5) is 0. The van der Waals surface area contributed by atoms with Crippen LogP contribution in [0.25, 0.3) is 0 Å². The first kappa shape index (κ1) is 25.7. The molecule has 1 unspecified atom stereocenters. The fourth-order valence-corrected chi connectivity index (χ4v) is 3.51. The number of ether oxygens (including phenoxy) is 1. The van der Waals surface area contributed by atoms with Crippen molar-refractivity contribution in [3.8, 4) is 47.0 Å². The van der Waals surface area contributed by atoms with E-state index in [2.05, 4.69) is 66.6 Å². The summed E-state index contributed by atoms with van der Waals surface area (Å²) in [6.07, 6.45) is -0.952. The van der Waals surface area contributed by atoms with Crippen LogP contribution in [0, 0.1) is 47.0 Å².